The second-order valence-electron chi connectivity index (χ2n) is 2.84. The molecule has 1 rings (SSSR count). The summed E-state index contributed by atoms with van der Waals surface area (Å²) in [5.74, 6) is 0.221. The van der Waals surface area contributed by atoms with E-state index in [0.717, 1.165) is 0 Å². The van der Waals surface area contributed by atoms with Crippen molar-refractivity contribution in [1.29, 1.82) is 0 Å². The van der Waals surface area contributed by atoms with E-state index in [4.69, 9.17) is 9.47 Å². The number of hydrogen-bond acceptors (Lipinski definition) is 5. The van der Waals surface area contributed by atoms with Crippen molar-refractivity contribution in [1.82, 2.24) is 0 Å². The second-order valence-corrected chi connectivity index (χ2v) is 2.84. The van der Waals surface area contributed by atoms with Gasteiger partial charge in [-0.05, 0) is 19.1 Å². The van der Waals surface area contributed by atoms with Crippen LogP contribution in [-0.4, -0.2) is 24.9 Å². The Morgan fingerprint density at radius 1 is 1.50 bits per heavy atom. The Hall–Kier alpha value is -2.11. The molecular formula is C10H11NO5. The maximum Gasteiger partial charge on any atom is 0.325 e. The van der Waals surface area contributed by atoms with Crippen molar-refractivity contribution in [3.05, 3.63) is 27.8 Å². The summed E-state index contributed by atoms with van der Waals surface area (Å²) in [4.78, 5) is 20.8. The molecule has 6 nitrogen and oxygen atoms in total. The number of carbonyl (C=O) groups is 1. The lowest BCUT2D eigenvalue weighted by Gasteiger charge is -2.09. The maximum absolute atomic E-state index is 10.8. The zero-order chi connectivity index (χ0) is 12.1. The highest BCUT2D eigenvalue weighted by Crippen LogP contribution is 2.38. The summed E-state index contributed by atoms with van der Waals surface area (Å²) in [5.41, 5.74) is -0.409. The fourth-order valence-corrected chi connectivity index (χ4v) is 1.32. The lowest BCUT2D eigenvalue weighted by atomic mass is 10.1. The number of ether oxygens (including phenoxy) is 2. The van der Waals surface area contributed by atoms with Gasteiger partial charge in [0.1, 0.15) is 0 Å². The van der Waals surface area contributed by atoms with Crippen molar-refractivity contribution in [2.75, 3.05) is 13.7 Å². The number of rotatable bonds is 5. The Bertz CT molecular complexity index is 416. The molecule has 0 aliphatic carbocycles. The molecule has 0 aliphatic rings. The molecule has 0 spiro atoms. The first kappa shape index (κ1) is 12.0. The van der Waals surface area contributed by atoms with E-state index >= 15 is 0 Å². The van der Waals surface area contributed by atoms with Gasteiger partial charge in [-0.15, -0.1) is 0 Å². The van der Waals surface area contributed by atoms with Crippen molar-refractivity contribution < 1.29 is 19.2 Å². The number of nitro benzene ring substituents is 1. The average Bonchev–Trinajstić information content (AvgIpc) is 2.28. The van der Waals surface area contributed by atoms with Crippen molar-refractivity contribution in [2.24, 2.45) is 0 Å². The molecule has 0 heterocycles. The van der Waals surface area contributed by atoms with Crippen molar-refractivity contribution in [3.63, 3.8) is 0 Å². The van der Waals surface area contributed by atoms with E-state index in [0.29, 0.717) is 12.9 Å². The first-order valence-corrected chi connectivity index (χ1v) is 4.59. The van der Waals surface area contributed by atoms with Crippen molar-refractivity contribution in [3.8, 4) is 11.5 Å². The van der Waals surface area contributed by atoms with Crippen LogP contribution in [0, 0.1) is 10.1 Å². The summed E-state index contributed by atoms with van der Waals surface area (Å²) in [7, 11) is 1.29. The number of nitrogens with zero attached hydrogens (tertiary/aromatic N) is 1. The van der Waals surface area contributed by atoms with Gasteiger partial charge >= 0.3 is 5.69 Å². The van der Waals surface area contributed by atoms with Gasteiger partial charge in [-0.25, -0.2) is 0 Å². The standard InChI is InChI=1S/C10H11NO5/c1-3-16-8-5-4-7(6-12)9(11(13)14)10(8)15-2/h4-6H,3H2,1-2H3. The zero-order valence-corrected chi connectivity index (χ0v) is 8.93. The molecule has 1 aromatic carbocycles. The number of nitro groups is 1. The molecule has 0 aliphatic heterocycles. The van der Waals surface area contributed by atoms with E-state index in [2.05, 4.69) is 0 Å². The minimum atomic E-state index is -0.662. The van der Waals surface area contributed by atoms with Crippen molar-refractivity contribution in [2.45, 2.75) is 6.92 Å². The molecule has 0 atom stereocenters. The van der Waals surface area contributed by atoms with E-state index in [1.807, 2.05) is 0 Å². The number of carbonyl (C=O) groups excluding carboxylic acids is 1. The molecule has 0 fully saturated rings. The van der Waals surface area contributed by atoms with Crippen LogP contribution in [0.15, 0.2) is 12.1 Å². The van der Waals surface area contributed by atoms with Crippen LogP contribution in [0.1, 0.15) is 17.3 Å². The molecule has 0 bridgehead atoms. The predicted molar refractivity (Wildman–Crippen MR) is 56.2 cm³/mol. The lowest BCUT2D eigenvalue weighted by Crippen LogP contribution is -2.02. The Labute approximate surface area is 91.9 Å². The average molecular weight is 225 g/mol. The third-order valence-corrected chi connectivity index (χ3v) is 1.94. The molecule has 0 unspecified atom stereocenters. The topological polar surface area (TPSA) is 78.7 Å². The van der Waals surface area contributed by atoms with Gasteiger partial charge in [0.25, 0.3) is 0 Å². The van der Waals surface area contributed by atoms with E-state index in [1.54, 1.807) is 6.92 Å². The number of methoxy groups -OCH3 is 1. The molecule has 0 radical (unpaired) electrons. The fourth-order valence-electron chi connectivity index (χ4n) is 1.32. The van der Waals surface area contributed by atoms with Gasteiger partial charge in [0, 0.05) is 0 Å². The summed E-state index contributed by atoms with van der Waals surface area (Å²) in [6, 6.07) is 2.80. The predicted octanol–water partition coefficient (Wildman–Crippen LogP) is 1.81. The molecule has 86 valence electrons. The molecule has 0 N–H and O–H groups in total. The Kier molecular flexibility index (Phi) is 3.82. The molecule has 6 heteroatoms. The molecule has 0 aromatic heterocycles. The Morgan fingerprint density at radius 3 is 2.62 bits per heavy atom. The Balaban J connectivity index is 3.42. The second kappa shape index (κ2) is 5.11. The smallest absolute Gasteiger partial charge is 0.325 e. The highest BCUT2D eigenvalue weighted by atomic mass is 16.6. The minimum Gasteiger partial charge on any atom is -0.490 e. The van der Waals surface area contributed by atoms with Crippen LogP contribution in [0.2, 0.25) is 0 Å². The number of aldehydes is 1. The third kappa shape index (κ3) is 2.10. The van der Waals surface area contributed by atoms with Crippen LogP contribution in [0.4, 0.5) is 5.69 Å². The highest BCUT2D eigenvalue weighted by Gasteiger charge is 2.24. The van der Waals surface area contributed by atoms with E-state index in [1.165, 1.54) is 19.2 Å². The van der Waals surface area contributed by atoms with Crippen molar-refractivity contribution >= 4 is 12.0 Å². The van der Waals surface area contributed by atoms with Gasteiger partial charge in [-0.2, -0.15) is 0 Å². The molecular weight excluding hydrogens is 214 g/mol. The number of hydrogen-bond donors (Lipinski definition) is 0. The van der Waals surface area contributed by atoms with Crippen LogP contribution in [0.25, 0.3) is 0 Å². The first-order chi connectivity index (χ1) is 7.65. The van der Waals surface area contributed by atoms with Crippen LogP contribution in [-0.2, 0) is 0 Å². The van der Waals surface area contributed by atoms with Gasteiger partial charge in [0.15, 0.2) is 12.0 Å². The highest BCUT2D eigenvalue weighted by molar-refractivity contribution is 5.85. The minimum absolute atomic E-state index is 0.0311. The third-order valence-electron chi connectivity index (χ3n) is 1.94. The monoisotopic (exact) mass is 225 g/mol. The normalized spacial score (nSPS) is 9.62. The molecule has 0 saturated heterocycles. The fraction of sp³-hybridized carbons (Fsp3) is 0.300. The SMILES string of the molecule is CCOc1ccc(C=O)c([N+](=O)[O-])c1OC. The van der Waals surface area contributed by atoms with Gasteiger partial charge < -0.3 is 9.47 Å². The lowest BCUT2D eigenvalue weighted by molar-refractivity contribution is -0.386. The van der Waals surface area contributed by atoms with Gasteiger partial charge in [0.2, 0.25) is 5.75 Å². The molecule has 0 amide bonds. The zero-order valence-electron chi connectivity index (χ0n) is 8.93. The van der Waals surface area contributed by atoms with Gasteiger partial charge in [-0.1, -0.05) is 0 Å². The number of benzene rings is 1. The van der Waals surface area contributed by atoms with E-state index in [9.17, 15) is 14.9 Å². The van der Waals surface area contributed by atoms with Crippen LogP contribution in [0.3, 0.4) is 0 Å². The summed E-state index contributed by atoms with van der Waals surface area (Å²) < 4.78 is 10.1. The van der Waals surface area contributed by atoms with E-state index < -0.39 is 4.92 Å². The van der Waals surface area contributed by atoms with Gasteiger partial charge in [-0.3, -0.25) is 14.9 Å². The summed E-state index contributed by atoms with van der Waals surface area (Å²) in [6.07, 6.45) is 0.413. The summed E-state index contributed by atoms with van der Waals surface area (Å²) >= 11 is 0. The summed E-state index contributed by atoms with van der Waals surface area (Å²) in [5, 5.41) is 10.8. The van der Waals surface area contributed by atoms with Crippen LogP contribution in [0.5, 0.6) is 11.5 Å². The largest absolute Gasteiger partial charge is 0.490 e. The maximum atomic E-state index is 10.8. The van der Waals surface area contributed by atoms with Crippen LogP contribution < -0.4 is 9.47 Å². The van der Waals surface area contributed by atoms with E-state index in [-0.39, 0.29) is 22.7 Å². The first-order valence-electron chi connectivity index (χ1n) is 4.59. The molecule has 1 aromatic rings. The molecule has 16 heavy (non-hydrogen) atoms. The Morgan fingerprint density at radius 2 is 2.19 bits per heavy atom. The quantitative estimate of drug-likeness (QED) is 0.433. The molecule has 0 saturated carbocycles. The van der Waals surface area contributed by atoms with Gasteiger partial charge in [0.05, 0.1) is 24.2 Å². The summed E-state index contributed by atoms with van der Waals surface area (Å²) in [6.45, 7) is 2.10. The van der Waals surface area contributed by atoms with Crippen LogP contribution >= 0.6 is 0 Å².